The van der Waals surface area contributed by atoms with Crippen molar-refractivity contribution in [2.75, 3.05) is 36.0 Å². The van der Waals surface area contributed by atoms with Crippen molar-refractivity contribution in [2.45, 2.75) is 6.18 Å². The van der Waals surface area contributed by atoms with Gasteiger partial charge in [0.2, 0.25) is 5.95 Å². The van der Waals surface area contributed by atoms with Gasteiger partial charge in [-0.05, 0) is 18.2 Å². The first kappa shape index (κ1) is 16.1. The number of benzene rings is 1. The maximum atomic E-state index is 13.1. The van der Waals surface area contributed by atoms with Crippen molar-refractivity contribution in [3.8, 4) is 6.07 Å². The van der Waals surface area contributed by atoms with Gasteiger partial charge in [-0.25, -0.2) is 9.97 Å². The third-order valence-electron chi connectivity index (χ3n) is 3.92. The van der Waals surface area contributed by atoms with Gasteiger partial charge in [0.15, 0.2) is 0 Å². The fraction of sp³-hybridized carbons (Fsp3) is 0.312. The van der Waals surface area contributed by atoms with Gasteiger partial charge in [0.05, 0.1) is 16.8 Å². The molecule has 0 radical (unpaired) electrons. The van der Waals surface area contributed by atoms with E-state index in [0.29, 0.717) is 37.8 Å². The molecule has 5 nitrogen and oxygen atoms in total. The quantitative estimate of drug-likeness (QED) is 0.846. The van der Waals surface area contributed by atoms with Crippen LogP contribution >= 0.6 is 0 Å². The second-order valence-corrected chi connectivity index (χ2v) is 5.33. The molecule has 0 bridgehead atoms. The molecule has 0 aliphatic carbocycles. The second kappa shape index (κ2) is 6.35. The molecule has 1 aliphatic heterocycles. The van der Waals surface area contributed by atoms with E-state index < -0.39 is 11.7 Å². The summed E-state index contributed by atoms with van der Waals surface area (Å²) in [6.07, 6.45) is -1.24. The molecule has 1 aromatic carbocycles. The van der Waals surface area contributed by atoms with Crippen LogP contribution in [-0.4, -0.2) is 36.1 Å². The highest BCUT2D eigenvalue weighted by molar-refractivity contribution is 5.64. The van der Waals surface area contributed by atoms with Crippen LogP contribution in [0.3, 0.4) is 0 Å². The number of aromatic nitrogens is 2. The number of halogens is 3. The molecule has 0 N–H and O–H groups in total. The van der Waals surface area contributed by atoms with E-state index in [2.05, 4.69) is 9.97 Å². The molecule has 0 atom stereocenters. The van der Waals surface area contributed by atoms with Crippen LogP contribution in [0.2, 0.25) is 0 Å². The minimum absolute atomic E-state index is 0.320. The molecular formula is C16H14F3N5. The molecule has 0 unspecified atom stereocenters. The number of rotatable bonds is 2. The molecule has 8 heteroatoms. The van der Waals surface area contributed by atoms with E-state index in [9.17, 15) is 18.4 Å². The Balaban J connectivity index is 1.81. The van der Waals surface area contributed by atoms with Gasteiger partial charge >= 0.3 is 6.18 Å². The average Bonchev–Trinajstić information content (AvgIpc) is 2.61. The Morgan fingerprint density at radius 3 is 2.17 bits per heavy atom. The zero-order chi connectivity index (χ0) is 17.2. The van der Waals surface area contributed by atoms with Crippen molar-refractivity contribution in [1.29, 1.82) is 5.26 Å². The predicted molar refractivity (Wildman–Crippen MR) is 82.6 cm³/mol. The van der Waals surface area contributed by atoms with Crippen molar-refractivity contribution in [3.63, 3.8) is 0 Å². The van der Waals surface area contributed by atoms with E-state index in [1.54, 1.807) is 35.5 Å². The Kier molecular flexibility index (Phi) is 4.25. The summed E-state index contributed by atoms with van der Waals surface area (Å²) in [5.41, 5.74) is -0.897. The zero-order valence-electron chi connectivity index (χ0n) is 12.7. The molecule has 1 fully saturated rings. The number of hydrogen-bond donors (Lipinski definition) is 0. The molecule has 2 heterocycles. The number of anilines is 2. The Labute approximate surface area is 137 Å². The van der Waals surface area contributed by atoms with Crippen molar-refractivity contribution >= 4 is 11.6 Å². The second-order valence-electron chi connectivity index (χ2n) is 5.33. The predicted octanol–water partition coefficient (Wildman–Crippen LogP) is 2.69. The Morgan fingerprint density at radius 1 is 0.958 bits per heavy atom. The van der Waals surface area contributed by atoms with Crippen molar-refractivity contribution in [2.24, 2.45) is 0 Å². The third-order valence-corrected chi connectivity index (χ3v) is 3.92. The lowest BCUT2D eigenvalue weighted by Gasteiger charge is -2.36. The molecule has 0 spiro atoms. The van der Waals surface area contributed by atoms with E-state index in [-0.39, 0.29) is 5.56 Å². The van der Waals surface area contributed by atoms with Crippen molar-refractivity contribution < 1.29 is 13.2 Å². The number of piperazine rings is 1. The standard InChI is InChI=1S/C16H14F3N5/c17-16(18,19)13-3-1-4-14(12(13)11-20)23-7-9-24(10-8-23)15-21-5-2-6-22-15/h1-6H,7-10H2. The van der Waals surface area contributed by atoms with Gasteiger partial charge in [0.1, 0.15) is 6.07 Å². The largest absolute Gasteiger partial charge is 0.417 e. The Morgan fingerprint density at radius 2 is 1.58 bits per heavy atom. The van der Waals surface area contributed by atoms with E-state index in [1.165, 1.54) is 6.07 Å². The maximum Gasteiger partial charge on any atom is 0.417 e. The van der Waals surface area contributed by atoms with Crippen LogP contribution in [0.1, 0.15) is 11.1 Å². The van der Waals surface area contributed by atoms with E-state index in [4.69, 9.17) is 0 Å². The highest BCUT2D eigenvalue weighted by Gasteiger charge is 2.35. The first-order valence-electron chi connectivity index (χ1n) is 7.38. The van der Waals surface area contributed by atoms with Gasteiger partial charge in [-0.3, -0.25) is 0 Å². The fourth-order valence-corrected chi connectivity index (χ4v) is 2.76. The SMILES string of the molecule is N#Cc1c(N2CCN(c3ncccn3)CC2)cccc1C(F)(F)F. The normalized spacial score (nSPS) is 15.2. The van der Waals surface area contributed by atoms with Crippen LogP contribution in [0.5, 0.6) is 0 Å². The molecule has 2 aromatic rings. The van der Waals surface area contributed by atoms with Gasteiger partial charge in [-0.15, -0.1) is 0 Å². The van der Waals surface area contributed by atoms with Crippen molar-refractivity contribution in [1.82, 2.24) is 9.97 Å². The van der Waals surface area contributed by atoms with E-state index in [1.807, 2.05) is 4.90 Å². The van der Waals surface area contributed by atoms with Crippen LogP contribution in [0, 0.1) is 11.3 Å². The van der Waals surface area contributed by atoms with Crippen LogP contribution < -0.4 is 9.80 Å². The molecule has 0 amide bonds. The average molecular weight is 333 g/mol. The number of nitriles is 1. The maximum absolute atomic E-state index is 13.1. The van der Waals surface area contributed by atoms with Crippen LogP contribution in [0.25, 0.3) is 0 Å². The van der Waals surface area contributed by atoms with Crippen LogP contribution in [0.15, 0.2) is 36.7 Å². The van der Waals surface area contributed by atoms with Crippen LogP contribution in [-0.2, 0) is 6.18 Å². The van der Waals surface area contributed by atoms with Crippen LogP contribution in [0.4, 0.5) is 24.8 Å². The van der Waals surface area contributed by atoms with E-state index in [0.717, 1.165) is 6.07 Å². The lowest BCUT2D eigenvalue weighted by atomic mass is 10.0. The van der Waals surface area contributed by atoms with Gasteiger partial charge in [0, 0.05) is 38.6 Å². The topological polar surface area (TPSA) is 56.1 Å². The lowest BCUT2D eigenvalue weighted by molar-refractivity contribution is -0.137. The summed E-state index contributed by atoms with van der Waals surface area (Å²) in [6.45, 7) is 2.14. The summed E-state index contributed by atoms with van der Waals surface area (Å²) < 4.78 is 39.2. The van der Waals surface area contributed by atoms with Gasteiger partial charge in [0.25, 0.3) is 0 Å². The summed E-state index contributed by atoms with van der Waals surface area (Å²) >= 11 is 0. The molecule has 1 aliphatic rings. The third kappa shape index (κ3) is 3.11. The minimum Gasteiger partial charge on any atom is -0.367 e. The molecule has 1 aromatic heterocycles. The highest BCUT2D eigenvalue weighted by Crippen LogP contribution is 2.36. The summed E-state index contributed by atoms with van der Waals surface area (Å²) in [6, 6.07) is 7.27. The van der Waals surface area contributed by atoms with Gasteiger partial charge in [-0.2, -0.15) is 18.4 Å². The molecule has 1 saturated heterocycles. The smallest absolute Gasteiger partial charge is 0.367 e. The first-order chi connectivity index (χ1) is 11.5. The first-order valence-corrected chi connectivity index (χ1v) is 7.38. The number of alkyl halides is 3. The fourth-order valence-electron chi connectivity index (χ4n) is 2.76. The molecule has 3 rings (SSSR count). The summed E-state index contributed by atoms with van der Waals surface area (Å²) in [7, 11) is 0. The summed E-state index contributed by atoms with van der Waals surface area (Å²) in [4.78, 5) is 12.1. The number of hydrogen-bond acceptors (Lipinski definition) is 5. The Bertz CT molecular complexity index is 747. The molecular weight excluding hydrogens is 319 g/mol. The highest BCUT2D eigenvalue weighted by atomic mass is 19.4. The Hall–Kier alpha value is -2.82. The summed E-state index contributed by atoms with van der Waals surface area (Å²) in [5.74, 6) is 0.599. The lowest BCUT2D eigenvalue weighted by Crippen LogP contribution is -2.47. The summed E-state index contributed by atoms with van der Waals surface area (Å²) in [5, 5.41) is 9.22. The monoisotopic (exact) mass is 333 g/mol. The van der Waals surface area contributed by atoms with Gasteiger partial charge < -0.3 is 9.80 Å². The zero-order valence-corrected chi connectivity index (χ0v) is 12.7. The van der Waals surface area contributed by atoms with Gasteiger partial charge in [-0.1, -0.05) is 6.07 Å². The minimum atomic E-state index is -4.54. The molecule has 0 saturated carbocycles. The molecule has 124 valence electrons. The van der Waals surface area contributed by atoms with E-state index >= 15 is 0 Å². The number of nitrogens with zero attached hydrogens (tertiary/aromatic N) is 5. The van der Waals surface area contributed by atoms with Crippen molar-refractivity contribution in [3.05, 3.63) is 47.8 Å². The molecule has 24 heavy (non-hydrogen) atoms.